The number of nitrogens with zero attached hydrogens (tertiary/aromatic N) is 1. The van der Waals surface area contributed by atoms with Crippen LogP contribution in [0.3, 0.4) is 0 Å². The number of nitrogens with one attached hydrogen (secondary N) is 1. The summed E-state index contributed by atoms with van der Waals surface area (Å²) >= 11 is 1.29. The molecule has 0 spiro atoms. The van der Waals surface area contributed by atoms with Gasteiger partial charge in [0, 0.05) is 17.4 Å². The summed E-state index contributed by atoms with van der Waals surface area (Å²) in [5, 5.41) is 5.00. The molecule has 0 radical (unpaired) electrons. The fraction of sp³-hybridized carbons (Fsp3) is 0.190. The zero-order valence-corrected chi connectivity index (χ0v) is 16.6. The van der Waals surface area contributed by atoms with Crippen LogP contribution in [-0.4, -0.2) is 37.2 Å². The first-order chi connectivity index (χ1) is 14.1. The van der Waals surface area contributed by atoms with E-state index in [-0.39, 0.29) is 0 Å². The van der Waals surface area contributed by atoms with Crippen LogP contribution in [0.4, 0.5) is 5.13 Å². The molecule has 29 heavy (non-hydrogen) atoms. The Morgan fingerprint density at radius 2 is 1.97 bits per heavy atom. The molecule has 2 aromatic carbocycles. The maximum absolute atomic E-state index is 12.6. The van der Waals surface area contributed by atoms with Gasteiger partial charge in [0.05, 0.1) is 25.5 Å². The van der Waals surface area contributed by atoms with E-state index in [9.17, 15) is 9.59 Å². The third kappa shape index (κ3) is 3.79. The van der Waals surface area contributed by atoms with Gasteiger partial charge in [-0.25, -0.2) is 9.78 Å². The van der Waals surface area contributed by atoms with Gasteiger partial charge in [-0.1, -0.05) is 18.2 Å². The average Bonchev–Trinajstić information content (AvgIpc) is 3.21. The summed E-state index contributed by atoms with van der Waals surface area (Å²) in [6.45, 7) is 0. The van der Waals surface area contributed by atoms with E-state index in [0.717, 1.165) is 11.1 Å². The van der Waals surface area contributed by atoms with Gasteiger partial charge in [0.2, 0.25) is 0 Å². The van der Waals surface area contributed by atoms with E-state index in [1.165, 1.54) is 11.3 Å². The highest BCUT2D eigenvalue weighted by molar-refractivity contribution is 7.14. The van der Waals surface area contributed by atoms with Gasteiger partial charge in [0.15, 0.2) is 22.7 Å². The van der Waals surface area contributed by atoms with Crippen molar-refractivity contribution in [3.63, 3.8) is 0 Å². The number of carbonyl (C=O) groups is 2. The van der Waals surface area contributed by atoms with E-state index >= 15 is 0 Å². The Hall–Kier alpha value is -3.39. The number of carbonyl (C=O) groups excluding carboxylic acids is 2. The maximum Gasteiger partial charge on any atom is 0.339 e. The molecule has 4 rings (SSSR count). The van der Waals surface area contributed by atoms with Gasteiger partial charge >= 0.3 is 5.97 Å². The smallest absolute Gasteiger partial charge is 0.339 e. The van der Waals surface area contributed by atoms with Crippen LogP contribution < -0.4 is 14.8 Å². The molecule has 1 aliphatic heterocycles. The summed E-state index contributed by atoms with van der Waals surface area (Å²) < 4.78 is 15.9. The maximum atomic E-state index is 12.6. The summed E-state index contributed by atoms with van der Waals surface area (Å²) in [6.07, 6.45) is -0.549. The number of methoxy groups -OCH3 is 2. The molecule has 1 amide bonds. The number of aromatic nitrogens is 1. The molecule has 0 saturated carbocycles. The van der Waals surface area contributed by atoms with Crippen molar-refractivity contribution >= 4 is 28.3 Å². The van der Waals surface area contributed by atoms with Crippen molar-refractivity contribution in [2.45, 2.75) is 12.5 Å². The second-order valence-electron chi connectivity index (χ2n) is 6.35. The Morgan fingerprint density at radius 1 is 1.17 bits per heavy atom. The molecule has 8 heteroatoms. The fourth-order valence-corrected chi connectivity index (χ4v) is 3.85. The molecular formula is C21H18N2O5S. The van der Waals surface area contributed by atoms with Crippen molar-refractivity contribution in [1.29, 1.82) is 0 Å². The number of anilines is 1. The Bertz CT molecular complexity index is 1080. The van der Waals surface area contributed by atoms with Gasteiger partial charge in [-0.3, -0.25) is 10.1 Å². The summed E-state index contributed by atoms with van der Waals surface area (Å²) in [5.41, 5.74) is 2.82. The second-order valence-corrected chi connectivity index (χ2v) is 7.21. The highest BCUT2D eigenvalue weighted by Crippen LogP contribution is 2.33. The lowest BCUT2D eigenvalue weighted by molar-refractivity contribution is -0.125. The standard InChI is InChI=1S/C21H18N2O5S/c1-26-16-8-7-13(10-17(16)27-2)15-11-29-21(22-15)23-19(24)18-9-12-5-3-4-6-14(12)20(25)28-18/h3-8,10-11,18H,9H2,1-2H3,(H,22,23,24)/t18-/m1/s1. The zero-order valence-electron chi connectivity index (χ0n) is 15.8. The highest BCUT2D eigenvalue weighted by atomic mass is 32.1. The van der Waals surface area contributed by atoms with Crippen LogP contribution in [0.5, 0.6) is 11.5 Å². The predicted octanol–water partition coefficient (Wildman–Crippen LogP) is 3.55. The molecule has 148 valence electrons. The van der Waals surface area contributed by atoms with E-state index in [4.69, 9.17) is 14.2 Å². The van der Waals surface area contributed by atoms with Crippen LogP contribution in [0.25, 0.3) is 11.3 Å². The molecule has 0 aliphatic carbocycles. The number of ether oxygens (including phenoxy) is 3. The first-order valence-electron chi connectivity index (χ1n) is 8.86. The van der Waals surface area contributed by atoms with Crippen molar-refractivity contribution in [1.82, 2.24) is 4.98 Å². The van der Waals surface area contributed by atoms with Gasteiger partial charge in [-0.15, -0.1) is 11.3 Å². The van der Waals surface area contributed by atoms with Crippen molar-refractivity contribution in [3.05, 3.63) is 59.0 Å². The topological polar surface area (TPSA) is 86.8 Å². The molecule has 1 atom stereocenters. The summed E-state index contributed by atoms with van der Waals surface area (Å²) in [7, 11) is 3.14. The largest absolute Gasteiger partial charge is 0.493 e. The lowest BCUT2D eigenvalue weighted by Crippen LogP contribution is -2.37. The predicted molar refractivity (Wildman–Crippen MR) is 109 cm³/mol. The molecule has 0 saturated heterocycles. The average molecular weight is 410 g/mol. The number of hydrogen-bond acceptors (Lipinski definition) is 7. The van der Waals surface area contributed by atoms with E-state index < -0.39 is 18.0 Å². The van der Waals surface area contributed by atoms with Crippen molar-refractivity contribution in [2.24, 2.45) is 0 Å². The molecule has 2 heterocycles. The van der Waals surface area contributed by atoms with Crippen molar-refractivity contribution in [3.8, 4) is 22.8 Å². The lowest BCUT2D eigenvalue weighted by atomic mass is 9.98. The van der Waals surface area contributed by atoms with E-state index in [0.29, 0.717) is 34.3 Å². The quantitative estimate of drug-likeness (QED) is 0.648. The molecule has 0 unspecified atom stereocenters. The lowest BCUT2D eigenvalue weighted by Gasteiger charge is -2.23. The second kappa shape index (κ2) is 7.92. The number of rotatable bonds is 5. The van der Waals surface area contributed by atoms with E-state index in [2.05, 4.69) is 10.3 Å². The molecule has 3 aromatic rings. The van der Waals surface area contributed by atoms with Gasteiger partial charge < -0.3 is 14.2 Å². The molecule has 0 bridgehead atoms. The van der Waals surface area contributed by atoms with E-state index in [1.54, 1.807) is 32.4 Å². The minimum Gasteiger partial charge on any atom is -0.493 e. The highest BCUT2D eigenvalue weighted by Gasteiger charge is 2.31. The molecule has 7 nitrogen and oxygen atoms in total. The fourth-order valence-electron chi connectivity index (χ4n) is 3.12. The van der Waals surface area contributed by atoms with E-state index in [1.807, 2.05) is 29.6 Å². The number of amides is 1. The summed E-state index contributed by atoms with van der Waals surface area (Å²) in [6, 6.07) is 12.6. The molecule has 1 N–H and O–H groups in total. The molecule has 0 fully saturated rings. The first kappa shape index (κ1) is 18.9. The number of esters is 1. The minimum absolute atomic E-state index is 0.335. The van der Waals surface area contributed by atoms with Crippen LogP contribution in [0.1, 0.15) is 15.9 Å². The molecule has 1 aliphatic rings. The number of hydrogen-bond donors (Lipinski definition) is 1. The van der Waals surface area contributed by atoms with Crippen LogP contribution in [-0.2, 0) is 16.0 Å². The number of cyclic esters (lactones) is 1. The van der Waals surface area contributed by atoms with Crippen LogP contribution in [0, 0.1) is 0 Å². The summed E-state index contributed by atoms with van der Waals surface area (Å²) in [5.74, 6) is 0.328. The molecular weight excluding hydrogens is 392 g/mol. The van der Waals surface area contributed by atoms with Crippen molar-refractivity contribution < 1.29 is 23.8 Å². The van der Waals surface area contributed by atoms with Gasteiger partial charge in [0.25, 0.3) is 5.91 Å². The van der Waals surface area contributed by atoms with Crippen LogP contribution >= 0.6 is 11.3 Å². The third-order valence-corrected chi connectivity index (χ3v) is 5.36. The Morgan fingerprint density at radius 3 is 2.76 bits per heavy atom. The first-order valence-corrected chi connectivity index (χ1v) is 9.74. The van der Waals surface area contributed by atoms with Crippen LogP contribution in [0.15, 0.2) is 47.8 Å². The van der Waals surface area contributed by atoms with Gasteiger partial charge in [-0.2, -0.15) is 0 Å². The van der Waals surface area contributed by atoms with Crippen molar-refractivity contribution in [2.75, 3.05) is 19.5 Å². The van der Waals surface area contributed by atoms with Crippen LogP contribution in [0.2, 0.25) is 0 Å². The molecule has 1 aromatic heterocycles. The van der Waals surface area contributed by atoms with Gasteiger partial charge in [-0.05, 0) is 29.8 Å². The van der Waals surface area contributed by atoms with Gasteiger partial charge in [0.1, 0.15) is 0 Å². The zero-order chi connectivity index (χ0) is 20.4. The Labute approximate surface area is 171 Å². The third-order valence-electron chi connectivity index (χ3n) is 4.60. The Balaban J connectivity index is 1.48. The number of thiazole rings is 1. The SMILES string of the molecule is COc1ccc(-c2csc(NC(=O)[C@H]3Cc4ccccc4C(=O)O3)n2)cc1OC. The number of benzene rings is 2. The monoisotopic (exact) mass is 410 g/mol. The minimum atomic E-state index is -0.883. The summed E-state index contributed by atoms with van der Waals surface area (Å²) in [4.78, 5) is 29.2. The Kier molecular flexibility index (Phi) is 5.18. The normalized spacial score (nSPS) is 15.2. The number of fused-ring (bicyclic) bond motifs is 1.